The molecule has 98 valence electrons. The topological polar surface area (TPSA) is 49.6 Å². The fourth-order valence-corrected chi connectivity index (χ4v) is 2.27. The van der Waals surface area contributed by atoms with Crippen LogP contribution in [-0.2, 0) is 0 Å². The van der Waals surface area contributed by atoms with E-state index < -0.39 is 0 Å². The standard InChI is InChI=1S/C13H18ClN3O/c1-16-5-2-6-17(8-7-16)13(18)10-3-4-12(15)11(14)9-10/h3-4,9H,2,5-8,15H2,1H3. The maximum atomic E-state index is 12.3. The van der Waals surface area contributed by atoms with Crippen molar-refractivity contribution >= 4 is 23.2 Å². The van der Waals surface area contributed by atoms with Crippen molar-refractivity contribution in [2.24, 2.45) is 0 Å². The van der Waals surface area contributed by atoms with E-state index >= 15 is 0 Å². The van der Waals surface area contributed by atoms with E-state index in [4.69, 9.17) is 17.3 Å². The molecule has 0 unspecified atom stereocenters. The number of amides is 1. The van der Waals surface area contributed by atoms with Crippen LogP contribution >= 0.6 is 11.6 Å². The minimum atomic E-state index is 0.0344. The van der Waals surface area contributed by atoms with Crippen LogP contribution in [0.2, 0.25) is 5.02 Å². The SMILES string of the molecule is CN1CCCN(C(=O)c2ccc(N)c(Cl)c2)CC1. The van der Waals surface area contributed by atoms with Crippen molar-refractivity contribution in [2.45, 2.75) is 6.42 Å². The van der Waals surface area contributed by atoms with E-state index in [1.54, 1.807) is 18.2 Å². The molecule has 1 aromatic carbocycles. The van der Waals surface area contributed by atoms with Crippen LogP contribution in [0.25, 0.3) is 0 Å². The zero-order valence-electron chi connectivity index (χ0n) is 10.5. The van der Waals surface area contributed by atoms with E-state index in [1.807, 2.05) is 4.90 Å². The molecule has 0 spiro atoms. The highest BCUT2D eigenvalue weighted by molar-refractivity contribution is 6.33. The number of anilines is 1. The van der Waals surface area contributed by atoms with E-state index in [-0.39, 0.29) is 5.91 Å². The highest BCUT2D eigenvalue weighted by atomic mass is 35.5. The summed E-state index contributed by atoms with van der Waals surface area (Å²) >= 11 is 5.95. The molecule has 1 saturated heterocycles. The third-order valence-corrected chi connectivity index (χ3v) is 3.58. The van der Waals surface area contributed by atoms with Crippen LogP contribution in [0.4, 0.5) is 5.69 Å². The smallest absolute Gasteiger partial charge is 0.253 e. The highest BCUT2D eigenvalue weighted by Gasteiger charge is 2.19. The van der Waals surface area contributed by atoms with Crippen LogP contribution in [0.15, 0.2) is 18.2 Å². The van der Waals surface area contributed by atoms with Crippen molar-refractivity contribution < 1.29 is 4.79 Å². The van der Waals surface area contributed by atoms with Crippen LogP contribution in [0.5, 0.6) is 0 Å². The number of carbonyl (C=O) groups is 1. The predicted molar refractivity (Wildman–Crippen MR) is 73.9 cm³/mol. The predicted octanol–water partition coefficient (Wildman–Crippen LogP) is 1.70. The summed E-state index contributed by atoms with van der Waals surface area (Å²) in [5, 5.41) is 0.438. The number of nitrogens with zero attached hydrogens (tertiary/aromatic N) is 2. The Hall–Kier alpha value is -1.26. The van der Waals surface area contributed by atoms with E-state index in [0.717, 1.165) is 32.6 Å². The first kappa shape index (κ1) is 13.2. The lowest BCUT2D eigenvalue weighted by atomic mass is 10.1. The number of likely N-dealkylation sites (N-methyl/N-ethyl adjacent to an activating group) is 1. The monoisotopic (exact) mass is 267 g/mol. The lowest BCUT2D eigenvalue weighted by Gasteiger charge is -2.20. The van der Waals surface area contributed by atoms with E-state index in [2.05, 4.69) is 11.9 Å². The first-order valence-corrected chi connectivity index (χ1v) is 6.48. The molecule has 1 aliphatic rings. The van der Waals surface area contributed by atoms with Gasteiger partial charge in [0.05, 0.1) is 10.7 Å². The van der Waals surface area contributed by atoms with Crippen LogP contribution in [0, 0.1) is 0 Å². The fraction of sp³-hybridized carbons (Fsp3) is 0.462. The second-order valence-electron chi connectivity index (χ2n) is 4.69. The van der Waals surface area contributed by atoms with Gasteiger partial charge >= 0.3 is 0 Å². The Labute approximate surface area is 112 Å². The molecular formula is C13H18ClN3O. The van der Waals surface area contributed by atoms with Gasteiger partial charge in [-0.3, -0.25) is 4.79 Å². The quantitative estimate of drug-likeness (QED) is 0.788. The van der Waals surface area contributed by atoms with Gasteiger partial charge in [0, 0.05) is 25.2 Å². The van der Waals surface area contributed by atoms with Gasteiger partial charge in [0.2, 0.25) is 0 Å². The summed E-state index contributed by atoms with van der Waals surface area (Å²) in [5.74, 6) is 0.0344. The van der Waals surface area contributed by atoms with E-state index in [9.17, 15) is 4.79 Å². The fourth-order valence-electron chi connectivity index (χ4n) is 2.09. The number of nitrogens with two attached hydrogens (primary N) is 1. The summed E-state index contributed by atoms with van der Waals surface area (Å²) in [6, 6.07) is 5.06. The van der Waals surface area contributed by atoms with Gasteiger partial charge < -0.3 is 15.5 Å². The number of benzene rings is 1. The molecule has 5 heteroatoms. The molecule has 0 saturated carbocycles. The van der Waals surface area contributed by atoms with E-state index in [0.29, 0.717) is 16.3 Å². The van der Waals surface area contributed by atoms with Gasteiger partial charge in [0.1, 0.15) is 0 Å². The average molecular weight is 268 g/mol. The Morgan fingerprint density at radius 2 is 2.06 bits per heavy atom. The molecule has 0 aliphatic carbocycles. The van der Waals surface area contributed by atoms with Gasteiger partial charge in [-0.1, -0.05) is 11.6 Å². The molecule has 1 aromatic rings. The van der Waals surface area contributed by atoms with Crippen molar-refractivity contribution in [3.05, 3.63) is 28.8 Å². The largest absolute Gasteiger partial charge is 0.398 e. The maximum Gasteiger partial charge on any atom is 0.253 e. The van der Waals surface area contributed by atoms with Gasteiger partial charge in [-0.25, -0.2) is 0 Å². The Morgan fingerprint density at radius 1 is 1.28 bits per heavy atom. The summed E-state index contributed by atoms with van der Waals surface area (Å²) in [6.45, 7) is 3.50. The molecule has 1 heterocycles. The molecule has 0 aromatic heterocycles. The highest BCUT2D eigenvalue weighted by Crippen LogP contribution is 2.20. The van der Waals surface area contributed by atoms with Crippen molar-refractivity contribution in [2.75, 3.05) is 39.0 Å². The third-order valence-electron chi connectivity index (χ3n) is 3.25. The lowest BCUT2D eigenvalue weighted by molar-refractivity contribution is 0.0763. The van der Waals surface area contributed by atoms with Crippen molar-refractivity contribution in [3.8, 4) is 0 Å². The first-order valence-electron chi connectivity index (χ1n) is 6.11. The number of halogens is 1. The summed E-state index contributed by atoms with van der Waals surface area (Å²) in [5.41, 5.74) is 6.76. The molecule has 1 aliphatic heterocycles. The molecule has 0 radical (unpaired) electrons. The van der Waals surface area contributed by atoms with Gasteiger partial charge in [-0.05, 0) is 38.2 Å². The minimum absolute atomic E-state index is 0.0344. The molecule has 1 fully saturated rings. The van der Waals surface area contributed by atoms with Crippen LogP contribution in [-0.4, -0.2) is 48.9 Å². The molecule has 0 bridgehead atoms. The molecule has 0 atom stereocenters. The second-order valence-corrected chi connectivity index (χ2v) is 5.09. The molecule has 2 rings (SSSR count). The second kappa shape index (κ2) is 5.59. The third kappa shape index (κ3) is 2.94. The van der Waals surface area contributed by atoms with Crippen LogP contribution in [0.1, 0.15) is 16.8 Å². The Morgan fingerprint density at radius 3 is 2.78 bits per heavy atom. The van der Waals surface area contributed by atoms with Gasteiger partial charge in [0.25, 0.3) is 5.91 Å². The lowest BCUT2D eigenvalue weighted by Crippen LogP contribution is -2.34. The number of hydrogen-bond acceptors (Lipinski definition) is 3. The average Bonchev–Trinajstić information content (AvgIpc) is 2.57. The normalized spacial score (nSPS) is 17.6. The summed E-state index contributed by atoms with van der Waals surface area (Å²) < 4.78 is 0. The summed E-state index contributed by atoms with van der Waals surface area (Å²) in [6.07, 6.45) is 1.00. The number of rotatable bonds is 1. The zero-order valence-corrected chi connectivity index (χ0v) is 11.3. The van der Waals surface area contributed by atoms with Gasteiger partial charge in [-0.2, -0.15) is 0 Å². The summed E-state index contributed by atoms with van der Waals surface area (Å²) in [7, 11) is 2.08. The Kier molecular flexibility index (Phi) is 4.09. The molecular weight excluding hydrogens is 250 g/mol. The van der Waals surface area contributed by atoms with Crippen LogP contribution < -0.4 is 5.73 Å². The Balaban J connectivity index is 2.12. The Bertz CT molecular complexity index is 450. The first-order chi connectivity index (χ1) is 8.58. The number of nitrogen functional groups attached to an aromatic ring is 1. The summed E-state index contributed by atoms with van der Waals surface area (Å²) in [4.78, 5) is 16.5. The van der Waals surface area contributed by atoms with Gasteiger partial charge in [-0.15, -0.1) is 0 Å². The van der Waals surface area contributed by atoms with Crippen LogP contribution in [0.3, 0.4) is 0 Å². The molecule has 4 nitrogen and oxygen atoms in total. The number of carbonyl (C=O) groups excluding carboxylic acids is 1. The van der Waals surface area contributed by atoms with Crippen molar-refractivity contribution in [1.29, 1.82) is 0 Å². The van der Waals surface area contributed by atoms with E-state index in [1.165, 1.54) is 0 Å². The van der Waals surface area contributed by atoms with Gasteiger partial charge in [0.15, 0.2) is 0 Å². The van der Waals surface area contributed by atoms with Crippen molar-refractivity contribution in [3.63, 3.8) is 0 Å². The molecule has 2 N–H and O–H groups in total. The zero-order chi connectivity index (χ0) is 13.1. The molecule has 18 heavy (non-hydrogen) atoms. The van der Waals surface area contributed by atoms with Crippen molar-refractivity contribution in [1.82, 2.24) is 9.80 Å². The maximum absolute atomic E-state index is 12.3. The minimum Gasteiger partial charge on any atom is -0.398 e. The molecule has 1 amide bonds. The number of hydrogen-bond donors (Lipinski definition) is 1.